The van der Waals surface area contributed by atoms with Gasteiger partial charge in [0.05, 0.1) is 18.1 Å². The van der Waals surface area contributed by atoms with E-state index in [-0.39, 0.29) is 10.8 Å². The van der Waals surface area contributed by atoms with Crippen molar-refractivity contribution < 1.29 is 22.7 Å². The zero-order valence-electron chi connectivity index (χ0n) is 16.0. The summed E-state index contributed by atoms with van der Waals surface area (Å²) in [6.07, 6.45) is 0.738. The lowest BCUT2D eigenvalue weighted by Crippen LogP contribution is -2.22. The molecule has 0 saturated carbocycles. The molecule has 3 aromatic rings. The van der Waals surface area contributed by atoms with Crippen molar-refractivity contribution in [3.8, 4) is 11.5 Å². The van der Waals surface area contributed by atoms with Crippen molar-refractivity contribution in [1.82, 2.24) is 5.32 Å². The van der Waals surface area contributed by atoms with E-state index in [1.54, 1.807) is 41.7 Å². The van der Waals surface area contributed by atoms with Crippen LogP contribution in [0.25, 0.3) is 0 Å². The molecule has 0 fully saturated rings. The van der Waals surface area contributed by atoms with Gasteiger partial charge in [0.25, 0.3) is 15.9 Å². The van der Waals surface area contributed by atoms with Gasteiger partial charge in [-0.1, -0.05) is 0 Å². The molecule has 2 N–H and O–H groups in total. The highest BCUT2D eigenvalue weighted by atomic mass is 32.2. The molecule has 9 heteroatoms. The first-order valence-corrected chi connectivity index (χ1v) is 11.8. The number of nitrogens with one attached hydrogen (secondary N) is 2. The van der Waals surface area contributed by atoms with Crippen LogP contribution in [-0.4, -0.2) is 27.5 Å². The summed E-state index contributed by atoms with van der Waals surface area (Å²) in [5.41, 5.74) is 1.84. The van der Waals surface area contributed by atoms with E-state index in [0.29, 0.717) is 42.5 Å². The topological polar surface area (TPSA) is 93.7 Å². The van der Waals surface area contributed by atoms with Crippen molar-refractivity contribution in [3.63, 3.8) is 0 Å². The number of fused-ring (bicyclic) bond motifs is 1. The first-order valence-electron chi connectivity index (χ1n) is 9.33. The Bertz CT molecular complexity index is 1130. The second-order valence-electron chi connectivity index (χ2n) is 6.66. The van der Waals surface area contributed by atoms with Crippen molar-refractivity contribution in [2.75, 3.05) is 17.9 Å². The molecular weight excluding hydrogens is 424 g/mol. The molecule has 0 atom stereocenters. The SMILES string of the molecule is O=C(NCc1ccsc1)c1ccc(NS(=O)(=O)c2ccc3c(c2)OCCCO3)cc1. The molecule has 156 valence electrons. The fraction of sp³-hybridized carbons (Fsp3) is 0.190. The Labute approximate surface area is 178 Å². The molecule has 1 aliphatic rings. The first-order chi connectivity index (χ1) is 14.5. The lowest BCUT2D eigenvalue weighted by Gasteiger charge is -2.12. The number of hydrogen-bond donors (Lipinski definition) is 2. The highest BCUT2D eigenvalue weighted by molar-refractivity contribution is 7.92. The number of rotatable bonds is 6. The van der Waals surface area contributed by atoms with Gasteiger partial charge in [0.15, 0.2) is 11.5 Å². The Balaban J connectivity index is 1.43. The van der Waals surface area contributed by atoms with E-state index in [2.05, 4.69) is 10.0 Å². The monoisotopic (exact) mass is 444 g/mol. The minimum Gasteiger partial charge on any atom is -0.490 e. The Morgan fingerprint density at radius 2 is 1.77 bits per heavy atom. The molecule has 0 spiro atoms. The summed E-state index contributed by atoms with van der Waals surface area (Å²) in [6.45, 7) is 1.45. The summed E-state index contributed by atoms with van der Waals surface area (Å²) >= 11 is 1.57. The van der Waals surface area contributed by atoms with Crippen LogP contribution in [0.5, 0.6) is 11.5 Å². The normalized spacial score (nSPS) is 13.3. The van der Waals surface area contributed by atoms with Crippen LogP contribution in [0.3, 0.4) is 0 Å². The van der Waals surface area contributed by atoms with Gasteiger partial charge in [-0.25, -0.2) is 8.42 Å². The molecule has 0 aliphatic carbocycles. The number of thiophene rings is 1. The third-order valence-electron chi connectivity index (χ3n) is 4.46. The van der Waals surface area contributed by atoms with Gasteiger partial charge in [0.1, 0.15) is 0 Å². The predicted molar refractivity (Wildman–Crippen MR) is 115 cm³/mol. The van der Waals surface area contributed by atoms with Crippen LogP contribution < -0.4 is 19.5 Å². The van der Waals surface area contributed by atoms with Gasteiger partial charge >= 0.3 is 0 Å². The third kappa shape index (κ3) is 4.74. The molecule has 2 heterocycles. The van der Waals surface area contributed by atoms with Gasteiger partial charge in [-0.15, -0.1) is 0 Å². The van der Waals surface area contributed by atoms with Gasteiger partial charge in [-0.3, -0.25) is 9.52 Å². The maximum absolute atomic E-state index is 12.7. The van der Waals surface area contributed by atoms with Crippen LogP contribution in [0.4, 0.5) is 5.69 Å². The zero-order valence-corrected chi connectivity index (χ0v) is 17.6. The van der Waals surface area contributed by atoms with Crippen LogP contribution in [-0.2, 0) is 16.6 Å². The Morgan fingerprint density at radius 3 is 2.50 bits per heavy atom. The van der Waals surface area contributed by atoms with Crippen LogP contribution >= 0.6 is 11.3 Å². The average Bonchev–Trinajstić information content (AvgIpc) is 3.15. The molecule has 2 aromatic carbocycles. The number of carbonyl (C=O) groups excluding carboxylic acids is 1. The number of anilines is 1. The molecule has 0 saturated heterocycles. The summed E-state index contributed by atoms with van der Waals surface area (Å²) in [5.74, 6) is 0.718. The Morgan fingerprint density at radius 1 is 1.00 bits per heavy atom. The van der Waals surface area contributed by atoms with E-state index >= 15 is 0 Å². The first kappa shape index (κ1) is 20.2. The fourth-order valence-electron chi connectivity index (χ4n) is 2.89. The van der Waals surface area contributed by atoms with E-state index in [0.717, 1.165) is 12.0 Å². The smallest absolute Gasteiger partial charge is 0.262 e. The number of carbonyl (C=O) groups is 1. The molecule has 7 nitrogen and oxygen atoms in total. The number of amides is 1. The largest absolute Gasteiger partial charge is 0.490 e. The van der Waals surface area contributed by atoms with Gasteiger partial charge in [0.2, 0.25) is 0 Å². The summed E-state index contributed by atoms with van der Waals surface area (Å²) in [4.78, 5) is 12.3. The quantitative estimate of drug-likeness (QED) is 0.605. The highest BCUT2D eigenvalue weighted by Gasteiger charge is 2.19. The molecule has 4 rings (SSSR count). The minimum absolute atomic E-state index is 0.0735. The van der Waals surface area contributed by atoms with Crippen molar-refractivity contribution in [3.05, 3.63) is 70.4 Å². The molecule has 1 amide bonds. The molecule has 1 aliphatic heterocycles. The summed E-state index contributed by atoms with van der Waals surface area (Å²) in [6, 6.07) is 12.7. The summed E-state index contributed by atoms with van der Waals surface area (Å²) in [7, 11) is -3.82. The zero-order chi connectivity index (χ0) is 21.0. The maximum atomic E-state index is 12.7. The Kier molecular flexibility index (Phi) is 5.91. The number of hydrogen-bond acceptors (Lipinski definition) is 6. The number of ether oxygens (including phenoxy) is 2. The van der Waals surface area contributed by atoms with Crippen molar-refractivity contribution in [2.45, 2.75) is 17.9 Å². The van der Waals surface area contributed by atoms with E-state index in [4.69, 9.17) is 9.47 Å². The summed E-state index contributed by atoms with van der Waals surface area (Å²) in [5, 5.41) is 6.75. The fourth-order valence-corrected chi connectivity index (χ4v) is 4.63. The standard InChI is InChI=1S/C21H20N2O5S2/c24-21(22-13-15-8-11-29-14-15)16-2-4-17(5-3-16)23-30(25,26)18-6-7-19-20(12-18)28-10-1-9-27-19/h2-8,11-12,14,23H,1,9-10,13H2,(H,22,24). The molecular formula is C21H20N2O5S2. The van der Waals surface area contributed by atoms with Gasteiger partial charge in [-0.05, 0) is 58.8 Å². The van der Waals surface area contributed by atoms with Gasteiger partial charge in [-0.2, -0.15) is 11.3 Å². The van der Waals surface area contributed by atoms with Crippen LogP contribution in [0.1, 0.15) is 22.3 Å². The van der Waals surface area contributed by atoms with E-state index in [1.807, 2.05) is 16.8 Å². The molecule has 30 heavy (non-hydrogen) atoms. The predicted octanol–water partition coefficient (Wildman–Crippen LogP) is 3.64. The second-order valence-corrected chi connectivity index (χ2v) is 9.12. The maximum Gasteiger partial charge on any atom is 0.262 e. The van der Waals surface area contributed by atoms with Crippen LogP contribution in [0, 0.1) is 0 Å². The highest BCUT2D eigenvalue weighted by Crippen LogP contribution is 2.32. The third-order valence-corrected chi connectivity index (χ3v) is 6.57. The van der Waals surface area contributed by atoms with Crippen molar-refractivity contribution in [2.24, 2.45) is 0 Å². The van der Waals surface area contributed by atoms with Gasteiger partial charge in [0, 0.05) is 30.3 Å². The average molecular weight is 445 g/mol. The molecule has 0 bridgehead atoms. The Hall–Kier alpha value is -3.04. The molecule has 1 aromatic heterocycles. The number of benzene rings is 2. The van der Waals surface area contributed by atoms with Crippen molar-refractivity contribution >= 4 is 33.0 Å². The van der Waals surface area contributed by atoms with E-state index in [1.165, 1.54) is 12.1 Å². The van der Waals surface area contributed by atoms with E-state index < -0.39 is 10.0 Å². The number of sulfonamides is 1. The van der Waals surface area contributed by atoms with Crippen LogP contribution in [0.2, 0.25) is 0 Å². The minimum atomic E-state index is -3.82. The lowest BCUT2D eigenvalue weighted by molar-refractivity contribution is 0.0951. The van der Waals surface area contributed by atoms with Crippen molar-refractivity contribution in [1.29, 1.82) is 0 Å². The molecule has 0 unspecified atom stereocenters. The van der Waals surface area contributed by atoms with Gasteiger partial charge < -0.3 is 14.8 Å². The van der Waals surface area contributed by atoms with E-state index in [9.17, 15) is 13.2 Å². The van der Waals surface area contributed by atoms with Crippen LogP contribution in [0.15, 0.2) is 64.2 Å². The summed E-state index contributed by atoms with van der Waals surface area (Å²) < 4.78 is 39.1. The molecule has 0 radical (unpaired) electrons. The lowest BCUT2D eigenvalue weighted by atomic mass is 10.2. The second kappa shape index (κ2) is 8.76.